The average Bonchev–Trinajstić information content (AvgIpc) is 2.00. The fraction of sp³-hybridized carbons (Fsp3) is 0.800. The molecule has 1 unspecified atom stereocenters. The lowest BCUT2D eigenvalue weighted by molar-refractivity contribution is -0.158. The van der Waals surface area contributed by atoms with Crippen LogP contribution in [0.3, 0.4) is 0 Å². The van der Waals surface area contributed by atoms with Gasteiger partial charge in [0.2, 0.25) is 5.91 Å². The van der Waals surface area contributed by atoms with Gasteiger partial charge in [-0.2, -0.15) is 0 Å². The largest absolute Gasteiger partial charge is 0.458 e. The molecule has 3 N–H and O–H groups in total. The topological polar surface area (TPSA) is 81.4 Å². The van der Waals surface area contributed by atoms with E-state index < -0.39 is 17.6 Å². The maximum Gasteiger partial charge on any atom is 0.328 e. The van der Waals surface area contributed by atoms with Crippen molar-refractivity contribution in [2.45, 2.75) is 45.8 Å². The van der Waals surface area contributed by atoms with Crippen LogP contribution in [0.25, 0.3) is 0 Å². The van der Waals surface area contributed by atoms with Gasteiger partial charge in [-0.3, -0.25) is 4.79 Å². The lowest BCUT2D eigenvalue weighted by Crippen LogP contribution is -2.42. The van der Waals surface area contributed by atoms with E-state index in [9.17, 15) is 9.59 Å². The number of carbonyl (C=O) groups excluding carboxylic acids is 2. The molecule has 5 nitrogen and oxygen atoms in total. The Morgan fingerprint density at radius 1 is 1.40 bits per heavy atom. The Bertz CT molecular complexity index is 233. The number of carbonyl (C=O) groups is 2. The fourth-order valence-corrected chi connectivity index (χ4v) is 0.894. The van der Waals surface area contributed by atoms with Crippen molar-refractivity contribution >= 4 is 11.9 Å². The van der Waals surface area contributed by atoms with Crippen LogP contribution in [0.15, 0.2) is 0 Å². The Hall–Kier alpha value is -1.10. The van der Waals surface area contributed by atoms with Crippen molar-refractivity contribution in [2.24, 2.45) is 5.73 Å². The Balaban J connectivity index is 4.05. The van der Waals surface area contributed by atoms with E-state index >= 15 is 0 Å². The SMILES string of the molecule is CC(NC(=O)CCN)C(=O)OC(C)(C)C. The molecule has 0 aliphatic rings. The molecule has 0 fully saturated rings. The number of rotatable bonds is 4. The van der Waals surface area contributed by atoms with Crippen molar-refractivity contribution in [3.63, 3.8) is 0 Å². The molecular weight excluding hydrogens is 196 g/mol. The summed E-state index contributed by atoms with van der Waals surface area (Å²) < 4.78 is 5.09. The lowest BCUT2D eigenvalue weighted by Gasteiger charge is -2.22. The van der Waals surface area contributed by atoms with Gasteiger partial charge in [0.1, 0.15) is 11.6 Å². The molecule has 0 spiro atoms. The molecule has 1 atom stereocenters. The molecule has 0 saturated carbocycles. The van der Waals surface area contributed by atoms with Crippen LogP contribution in [-0.2, 0) is 14.3 Å². The van der Waals surface area contributed by atoms with Crippen molar-refractivity contribution in [2.75, 3.05) is 6.54 Å². The lowest BCUT2D eigenvalue weighted by atomic mass is 10.2. The summed E-state index contributed by atoms with van der Waals surface area (Å²) in [4.78, 5) is 22.6. The zero-order chi connectivity index (χ0) is 12.1. The van der Waals surface area contributed by atoms with E-state index in [4.69, 9.17) is 10.5 Å². The summed E-state index contributed by atoms with van der Waals surface area (Å²) in [5, 5.41) is 2.51. The Morgan fingerprint density at radius 3 is 2.33 bits per heavy atom. The van der Waals surface area contributed by atoms with Crippen molar-refractivity contribution in [3.8, 4) is 0 Å². The predicted molar refractivity (Wildman–Crippen MR) is 57.1 cm³/mol. The zero-order valence-electron chi connectivity index (χ0n) is 9.79. The summed E-state index contributed by atoms with van der Waals surface area (Å²) in [5.74, 6) is -0.677. The highest BCUT2D eigenvalue weighted by atomic mass is 16.6. The molecule has 88 valence electrons. The minimum Gasteiger partial charge on any atom is -0.458 e. The standard InChI is InChI=1S/C10H20N2O3/c1-7(12-8(13)5-6-11)9(14)15-10(2,3)4/h7H,5-6,11H2,1-4H3,(H,12,13). The summed E-state index contributed by atoms with van der Waals surface area (Å²) in [5.41, 5.74) is 4.67. The molecule has 0 heterocycles. The molecule has 0 aromatic heterocycles. The van der Waals surface area contributed by atoms with Gasteiger partial charge < -0.3 is 15.8 Å². The van der Waals surface area contributed by atoms with Gasteiger partial charge in [0.05, 0.1) is 0 Å². The molecule has 0 saturated heterocycles. The minimum atomic E-state index is -0.636. The third-order valence-corrected chi connectivity index (χ3v) is 1.51. The number of hydrogen-bond donors (Lipinski definition) is 2. The molecule has 1 amide bonds. The molecular formula is C10H20N2O3. The maximum absolute atomic E-state index is 11.4. The van der Waals surface area contributed by atoms with Crippen LogP contribution in [0.4, 0.5) is 0 Å². The highest BCUT2D eigenvalue weighted by Gasteiger charge is 2.22. The summed E-state index contributed by atoms with van der Waals surface area (Å²) >= 11 is 0. The van der Waals surface area contributed by atoms with E-state index in [1.54, 1.807) is 27.7 Å². The molecule has 15 heavy (non-hydrogen) atoms. The van der Waals surface area contributed by atoms with E-state index in [1.165, 1.54) is 0 Å². The first-order valence-corrected chi connectivity index (χ1v) is 4.98. The zero-order valence-corrected chi connectivity index (χ0v) is 9.79. The van der Waals surface area contributed by atoms with Crippen molar-refractivity contribution < 1.29 is 14.3 Å². The number of nitrogens with one attached hydrogen (secondary N) is 1. The predicted octanol–water partition coefficient (Wildman–Crippen LogP) is 0.182. The van der Waals surface area contributed by atoms with Crippen LogP contribution in [0.5, 0.6) is 0 Å². The number of esters is 1. The van der Waals surface area contributed by atoms with Crippen LogP contribution in [-0.4, -0.2) is 30.1 Å². The smallest absolute Gasteiger partial charge is 0.328 e. The van der Waals surface area contributed by atoms with Gasteiger partial charge in [-0.15, -0.1) is 0 Å². The van der Waals surface area contributed by atoms with E-state index in [-0.39, 0.29) is 18.9 Å². The second-order valence-corrected chi connectivity index (χ2v) is 4.36. The first kappa shape index (κ1) is 13.9. The highest BCUT2D eigenvalue weighted by Crippen LogP contribution is 2.08. The molecule has 0 aliphatic heterocycles. The van der Waals surface area contributed by atoms with E-state index in [0.717, 1.165) is 0 Å². The Kier molecular flexibility index (Phi) is 5.28. The van der Waals surface area contributed by atoms with E-state index in [1.807, 2.05) is 0 Å². The monoisotopic (exact) mass is 216 g/mol. The van der Waals surface area contributed by atoms with Crippen LogP contribution in [0, 0.1) is 0 Å². The first-order chi connectivity index (χ1) is 6.76. The molecule has 5 heteroatoms. The molecule has 0 aromatic rings. The second-order valence-electron chi connectivity index (χ2n) is 4.36. The van der Waals surface area contributed by atoms with Crippen molar-refractivity contribution in [3.05, 3.63) is 0 Å². The fourth-order valence-electron chi connectivity index (χ4n) is 0.894. The van der Waals surface area contributed by atoms with Gasteiger partial charge in [-0.1, -0.05) is 0 Å². The maximum atomic E-state index is 11.4. The summed E-state index contributed by atoms with van der Waals surface area (Å²) in [6.45, 7) is 7.19. The number of amides is 1. The Labute approximate surface area is 90.4 Å². The van der Waals surface area contributed by atoms with Gasteiger partial charge in [0, 0.05) is 13.0 Å². The van der Waals surface area contributed by atoms with Gasteiger partial charge in [0.25, 0.3) is 0 Å². The van der Waals surface area contributed by atoms with E-state index in [2.05, 4.69) is 5.32 Å². The van der Waals surface area contributed by atoms with Crippen LogP contribution in [0.1, 0.15) is 34.1 Å². The van der Waals surface area contributed by atoms with Crippen molar-refractivity contribution in [1.29, 1.82) is 0 Å². The van der Waals surface area contributed by atoms with Crippen LogP contribution in [0.2, 0.25) is 0 Å². The summed E-state index contributed by atoms with van der Waals surface area (Å²) in [6, 6.07) is -0.636. The average molecular weight is 216 g/mol. The molecule has 0 aromatic carbocycles. The normalized spacial score (nSPS) is 13.1. The quantitative estimate of drug-likeness (QED) is 0.657. The van der Waals surface area contributed by atoms with Crippen LogP contribution >= 0.6 is 0 Å². The number of nitrogens with two attached hydrogens (primary N) is 1. The summed E-state index contributed by atoms with van der Waals surface area (Å²) in [7, 11) is 0. The van der Waals surface area contributed by atoms with Gasteiger partial charge in [-0.05, 0) is 27.7 Å². The number of hydrogen-bond acceptors (Lipinski definition) is 4. The molecule has 0 radical (unpaired) electrons. The minimum absolute atomic E-state index is 0.215. The number of ether oxygens (including phenoxy) is 1. The van der Waals surface area contributed by atoms with Crippen molar-refractivity contribution in [1.82, 2.24) is 5.32 Å². The Morgan fingerprint density at radius 2 is 1.93 bits per heavy atom. The first-order valence-electron chi connectivity index (χ1n) is 4.98. The molecule has 0 rings (SSSR count). The van der Waals surface area contributed by atoms with Crippen LogP contribution < -0.4 is 11.1 Å². The van der Waals surface area contributed by atoms with Gasteiger partial charge >= 0.3 is 5.97 Å². The molecule has 0 aliphatic carbocycles. The van der Waals surface area contributed by atoms with Gasteiger partial charge in [-0.25, -0.2) is 4.79 Å². The second kappa shape index (κ2) is 5.70. The third kappa shape index (κ3) is 6.90. The highest BCUT2D eigenvalue weighted by molar-refractivity contribution is 5.84. The summed E-state index contributed by atoms with van der Waals surface area (Å²) in [6.07, 6.45) is 0.215. The third-order valence-electron chi connectivity index (χ3n) is 1.51. The van der Waals surface area contributed by atoms with Gasteiger partial charge in [0.15, 0.2) is 0 Å². The van der Waals surface area contributed by atoms with E-state index in [0.29, 0.717) is 0 Å². The molecule has 0 bridgehead atoms.